The van der Waals surface area contributed by atoms with Crippen LogP contribution in [0, 0.1) is 0 Å². The van der Waals surface area contributed by atoms with Crippen LogP contribution in [0.2, 0.25) is 5.02 Å². The predicted octanol–water partition coefficient (Wildman–Crippen LogP) is 2.15. The van der Waals surface area contributed by atoms with Crippen molar-refractivity contribution >= 4 is 33.2 Å². The number of amides is 1. The third-order valence-electron chi connectivity index (χ3n) is 3.63. The first-order chi connectivity index (χ1) is 11.9. The molecule has 1 N–H and O–H groups in total. The lowest BCUT2D eigenvalue weighted by molar-refractivity contribution is -0.114. The molecule has 2 aromatic rings. The zero-order valence-corrected chi connectivity index (χ0v) is 14.9. The molecule has 2 heterocycles. The van der Waals surface area contributed by atoms with Crippen molar-refractivity contribution in [1.29, 1.82) is 0 Å². The quantitative estimate of drug-likeness (QED) is 0.857. The van der Waals surface area contributed by atoms with Gasteiger partial charge >= 0.3 is 0 Å². The number of nitrogens with one attached hydrogen (secondary N) is 1. The highest BCUT2D eigenvalue weighted by Gasteiger charge is 2.38. The van der Waals surface area contributed by atoms with Gasteiger partial charge in [-0.25, -0.2) is 13.4 Å². The van der Waals surface area contributed by atoms with Crippen molar-refractivity contribution in [3.63, 3.8) is 0 Å². The van der Waals surface area contributed by atoms with Gasteiger partial charge in [-0.05, 0) is 36.4 Å². The molecular weight excluding hydrogens is 366 g/mol. The van der Waals surface area contributed by atoms with E-state index in [4.69, 9.17) is 16.3 Å². The Kier molecular flexibility index (Phi) is 4.94. The first kappa shape index (κ1) is 17.7. The molecule has 132 valence electrons. The molecule has 0 radical (unpaired) electrons. The molecule has 1 aromatic carbocycles. The summed E-state index contributed by atoms with van der Waals surface area (Å²) in [4.78, 5) is 15.2. The van der Waals surface area contributed by atoms with Gasteiger partial charge in [-0.2, -0.15) is 4.31 Å². The molecule has 0 bridgehead atoms. The van der Waals surface area contributed by atoms with E-state index in [1.165, 1.54) is 23.4 Å². The fraction of sp³-hybridized carbons (Fsp3) is 0.250. The standard InChI is InChI=1S/C16H16ClN3O4S/c1-11(21)19-12-4-6-14(7-5-12)25(22,23)20-9-13(10-20)24-16-15(17)3-2-8-18-16/h2-8,13H,9-10H2,1H3,(H,19,21). The van der Waals surface area contributed by atoms with Gasteiger partial charge in [0.25, 0.3) is 0 Å². The summed E-state index contributed by atoms with van der Waals surface area (Å²) in [7, 11) is -3.60. The van der Waals surface area contributed by atoms with Crippen molar-refractivity contribution in [3.8, 4) is 5.88 Å². The van der Waals surface area contributed by atoms with Crippen LogP contribution in [-0.4, -0.2) is 42.8 Å². The Bertz CT molecular complexity index is 881. The van der Waals surface area contributed by atoms with Crippen LogP contribution in [0.15, 0.2) is 47.5 Å². The number of carbonyl (C=O) groups is 1. The van der Waals surface area contributed by atoms with Crippen LogP contribution >= 0.6 is 11.6 Å². The van der Waals surface area contributed by atoms with E-state index in [9.17, 15) is 13.2 Å². The van der Waals surface area contributed by atoms with Gasteiger partial charge in [0, 0.05) is 18.8 Å². The monoisotopic (exact) mass is 381 g/mol. The van der Waals surface area contributed by atoms with Gasteiger partial charge in [0.15, 0.2) is 0 Å². The van der Waals surface area contributed by atoms with Gasteiger partial charge in [-0.3, -0.25) is 4.79 Å². The number of halogens is 1. The minimum Gasteiger partial charge on any atom is -0.470 e. The van der Waals surface area contributed by atoms with Gasteiger partial charge in [0.2, 0.25) is 21.8 Å². The molecule has 1 aliphatic rings. The normalized spacial score (nSPS) is 15.4. The second-order valence-corrected chi connectivity index (χ2v) is 7.90. The summed E-state index contributed by atoms with van der Waals surface area (Å²) in [6.45, 7) is 1.84. The lowest BCUT2D eigenvalue weighted by atomic mass is 10.2. The molecule has 1 aromatic heterocycles. The number of hydrogen-bond acceptors (Lipinski definition) is 5. The lowest BCUT2D eigenvalue weighted by Gasteiger charge is -2.37. The molecular formula is C16H16ClN3O4S. The zero-order chi connectivity index (χ0) is 18.0. The van der Waals surface area contributed by atoms with E-state index in [1.54, 1.807) is 30.5 Å². The molecule has 3 rings (SSSR count). The van der Waals surface area contributed by atoms with Crippen LogP contribution in [0.25, 0.3) is 0 Å². The Labute approximate surface area is 150 Å². The predicted molar refractivity (Wildman–Crippen MR) is 93.2 cm³/mol. The number of rotatable bonds is 5. The third kappa shape index (κ3) is 3.92. The third-order valence-corrected chi connectivity index (χ3v) is 5.76. The van der Waals surface area contributed by atoms with Gasteiger partial charge in [0.1, 0.15) is 11.1 Å². The number of pyridine rings is 1. The van der Waals surface area contributed by atoms with E-state index in [-0.39, 0.29) is 30.0 Å². The smallest absolute Gasteiger partial charge is 0.243 e. The minimum atomic E-state index is -3.60. The second kappa shape index (κ2) is 6.99. The molecule has 1 fully saturated rings. The molecule has 1 saturated heterocycles. The molecule has 0 unspecified atom stereocenters. The number of aromatic nitrogens is 1. The van der Waals surface area contributed by atoms with E-state index in [0.29, 0.717) is 16.6 Å². The summed E-state index contributed by atoms with van der Waals surface area (Å²) in [5.74, 6) is 0.0809. The first-order valence-corrected chi connectivity index (χ1v) is 9.33. The average Bonchev–Trinajstić information content (AvgIpc) is 2.51. The molecule has 0 spiro atoms. The molecule has 25 heavy (non-hydrogen) atoms. The summed E-state index contributed by atoms with van der Waals surface area (Å²) < 4.78 is 32.0. The maximum Gasteiger partial charge on any atom is 0.243 e. The number of sulfonamides is 1. The number of carbonyl (C=O) groups excluding carboxylic acids is 1. The zero-order valence-electron chi connectivity index (χ0n) is 13.3. The Morgan fingerprint density at radius 1 is 1.28 bits per heavy atom. The van der Waals surface area contributed by atoms with Crippen molar-refractivity contribution < 1.29 is 17.9 Å². The maximum atomic E-state index is 12.6. The molecule has 0 aliphatic carbocycles. The van der Waals surface area contributed by atoms with Gasteiger partial charge < -0.3 is 10.1 Å². The van der Waals surface area contributed by atoms with Crippen LogP contribution in [0.4, 0.5) is 5.69 Å². The highest BCUT2D eigenvalue weighted by molar-refractivity contribution is 7.89. The van der Waals surface area contributed by atoms with Crippen LogP contribution in [0.1, 0.15) is 6.92 Å². The number of nitrogens with zero attached hydrogens (tertiary/aromatic N) is 2. The van der Waals surface area contributed by atoms with E-state index in [2.05, 4.69) is 10.3 Å². The molecule has 9 heteroatoms. The summed E-state index contributed by atoms with van der Waals surface area (Å²) in [6.07, 6.45) is 1.27. The number of benzene rings is 1. The van der Waals surface area contributed by atoms with Crippen LogP contribution in [0.3, 0.4) is 0 Å². The van der Waals surface area contributed by atoms with Crippen molar-refractivity contribution in [2.45, 2.75) is 17.9 Å². The van der Waals surface area contributed by atoms with Crippen LogP contribution in [-0.2, 0) is 14.8 Å². The van der Waals surface area contributed by atoms with Crippen LogP contribution < -0.4 is 10.1 Å². The van der Waals surface area contributed by atoms with Crippen molar-refractivity contribution in [2.24, 2.45) is 0 Å². The number of anilines is 1. The van der Waals surface area contributed by atoms with Crippen molar-refractivity contribution in [1.82, 2.24) is 9.29 Å². The average molecular weight is 382 g/mol. The Morgan fingerprint density at radius 2 is 1.96 bits per heavy atom. The van der Waals surface area contributed by atoms with E-state index < -0.39 is 10.0 Å². The first-order valence-electron chi connectivity index (χ1n) is 7.51. The molecule has 7 nitrogen and oxygen atoms in total. The highest BCUT2D eigenvalue weighted by atomic mass is 35.5. The van der Waals surface area contributed by atoms with E-state index in [1.807, 2.05) is 0 Å². The molecule has 1 aliphatic heterocycles. The summed E-state index contributed by atoms with van der Waals surface area (Å²) in [5, 5.41) is 2.98. The molecule has 0 atom stereocenters. The largest absolute Gasteiger partial charge is 0.470 e. The Balaban J connectivity index is 1.63. The van der Waals surface area contributed by atoms with Crippen molar-refractivity contribution in [2.75, 3.05) is 18.4 Å². The van der Waals surface area contributed by atoms with E-state index >= 15 is 0 Å². The fourth-order valence-corrected chi connectivity index (χ4v) is 4.02. The lowest BCUT2D eigenvalue weighted by Crippen LogP contribution is -2.56. The number of hydrogen-bond donors (Lipinski definition) is 1. The van der Waals surface area contributed by atoms with Gasteiger partial charge in [-0.1, -0.05) is 11.6 Å². The second-order valence-electron chi connectivity index (χ2n) is 5.56. The van der Waals surface area contributed by atoms with E-state index in [0.717, 1.165) is 0 Å². The summed E-state index contributed by atoms with van der Waals surface area (Å²) in [5.41, 5.74) is 0.543. The fourth-order valence-electron chi connectivity index (χ4n) is 2.35. The molecule has 0 saturated carbocycles. The molecule has 1 amide bonds. The summed E-state index contributed by atoms with van der Waals surface area (Å²) >= 11 is 5.97. The SMILES string of the molecule is CC(=O)Nc1ccc(S(=O)(=O)N2CC(Oc3ncccc3Cl)C2)cc1. The Hall–Kier alpha value is -2.16. The summed E-state index contributed by atoms with van der Waals surface area (Å²) in [6, 6.07) is 9.38. The minimum absolute atomic E-state index is 0.163. The maximum absolute atomic E-state index is 12.6. The van der Waals surface area contributed by atoms with Gasteiger partial charge in [-0.15, -0.1) is 0 Å². The van der Waals surface area contributed by atoms with Crippen LogP contribution in [0.5, 0.6) is 5.88 Å². The highest BCUT2D eigenvalue weighted by Crippen LogP contribution is 2.27. The topological polar surface area (TPSA) is 88.6 Å². The van der Waals surface area contributed by atoms with Crippen molar-refractivity contribution in [3.05, 3.63) is 47.6 Å². The number of ether oxygens (including phenoxy) is 1. The van der Waals surface area contributed by atoms with Gasteiger partial charge in [0.05, 0.1) is 18.0 Å². The Morgan fingerprint density at radius 3 is 2.56 bits per heavy atom.